The summed E-state index contributed by atoms with van der Waals surface area (Å²) in [6, 6.07) is 14.6. The zero-order chi connectivity index (χ0) is 18.9. The first-order chi connectivity index (χ1) is 13.2. The molecule has 2 aromatic carbocycles. The third-order valence-electron chi connectivity index (χ3n) is 4.57. The van der Waals surface area contributed by atoms with Crippen LogP contribution in [0.25, 0.3) is 0 Å². The van der Waals surface area contributed by atoms with Crippen LogP contribution in [0.5, 0.6) is 0 Å². The maximum Gasteiger partial charge on any atom is 0.123 e. The van der Waals surface area contributed by atoms with Crippen molar-refractivity contribution in [1.82, 2.24) is 9.62 Å². The summed E-state index contributed by atoms with van der Waals surface area (Å²) in [6.07, 6.45) is 3.16. The van der Waals surface area contributed by atoms with Crippen LogP contribution < -0.4 is 4.72 Å². The minimum atomic E-state index is -0.189. The molecule has 3 rings (SSSR count). The van der Waals surface area contributed by atoms with Crippen LogP contribution in [0.1, 0.15) is 18.4 Å². The van der Waals surface area contributed by atoms with E-state index in [4.69, 9.17) is 16.3 Å². The molecule has 1 atom stereocenters. The van der Waals surface area contributed by atoms with Crippen molar-refractivity contribution in [3.8, 4) is 0 Å². The molecule has 2 aromatic rings. The minimum Gasteiger partial charge on any atom is -0.376 e. The molecule has 27 heavy (non-hydrogen) atoms. The first kappa shape index (κ1) is 20.6. The summed E-state index contributed by atoms with van der Waals surface area (Å²) < 4.78 is 22.5. The van der Waals surface area contributed by atoms with Gasteiger partial charge in [-0.15, -0.1) is 0 Å². The average molecular weight is 409 g/mol. The van der Waals surface area contributed by atoms with Gasteiger partial charge in [0, 0.05) is 36.2 Å². The van der Waals surface area contributed by atoms with Gasteiger partial charge in [0.1, 0.15) is 5.82 Å². The lowest BCUT2D eigenvalue weighted by Crippen LogP contribution is -2.34. The van der Waals surface area contributed by atoms with Crippen LogP contribution in [0.4, 0.5) is 4.39 Å². The Hall–Kier alpha value is -1.11. The minimum absolute atomic E-state index is 0.175. The van der Waals surface area contributed by atoms with Crippen LogP contribution in [-0.4, -0.2) is 43.8 Å². The number of ether oxygens (including phenoxy) is 1. The second kappa shape index (κ2) is 11.0. The molecule has 146 valence electrons. The molecule has 1 aliphatic heterocycles. The summed E-state index contributed by atoms with van der Waals surface area (Å²) >= 11 is 7.54. The van der Waals surface area contributed by atoms with Gasteiger partial charge in [-0.2, -0.15) is 0 Å². The van der Waals surface area contributed by atoms with Crippen LogP contribution in [0.2, 0.25) is 5.02 Å². The second-order valence-electron chi connectivity index (χ2n) is 6.78. The number of rotatable bonds is 8. The molecule has 6 heteroatoms. The number of hydrogen-bond donors (Lipinski definition) is 1. The van der Waals surface area contributed by atoms with E-state index in [9.17, 15) is 4.39 Å². The highest BCUT2D eigenvalue weighted by atomic mass is 35.5. The Morgan fingerprint density at radius 1 is 1.15 bits per heavy atom. The molecule has 0 saturated carbocycles. The molecule has 3 nitrogen and oxygen atoms in total. The zero-order valence-electron chi connectivity index (χ0n) is 15.4. The lowest BCUT2D eigenvalue weighted by molar-refractivity contribution is 0.0547. The third kappa shape index (κ3) is 7.43. The summed E-state index contributed by atoms with van der Waals surface area (Å²) in [5, 5.41) is 0.762. The molecule has 0 aliphatic carbocycles. The monoisotopic (exact) mass is 408 g/mol. The summed E-state index contributed by atoms with van der Waals surface area (Å²) in [4.78, 5) is 3.65. The van der Waals surface area contributed by atoms with Crippen molar-refractivity contribution in [2.24, 2.45) is 0 Å². The van der Waals surface area contributed by atoms with Crippen LogP contribution in [0.3, 0.4) is 0 Å². The summed E-state index contributed by atoms with van der Waals surface area (Å²) in [7, 11) is 0. The highest BCUT2D eigenvalue weighted by Gasteiger charge is 2.18. The zero-order valence-corrected chi connectivity index (χ0v) is 16.9. The molecular weight excluding hydrogens is 383 g/mol. The number of hydrogen-bond acceptors (Lipinski definition) is 4. The molecular formula is C21H26ClFN2OS. The van der Waals surface area contributed by atoms with Crippen molar-refractivity contribution in [2.45, 2.75) is 30.3 Å². The Morgan fingerprint density at radius 3 is 2.70 bits per heavy atom. The van der Waals surface area contributed by atoms with Gasteiger partial charge < -0.3 is 9.64 Å². The SMILES string of the molecule is Fc1ccc(CC2CN(CCCNSc3ccc(Cl)cc3)CCCO2)cc1. The maximum atomic E-state index is 13.1. The summed E-state index contributed by atoms with van der Waals surface area (Å²) in [5.74, 6) is -0.189. The van der Waals surface area contributed by atoms with Crippen molar-refractivity contribution in [3.05, 3.63) is 64.9 Å². The fourth-order valence-corrected chi connectivity index (χ4v) is 4.00. The third-order valence-corrected chi connectivity index (χ3v) is 5.68. The van der Waals surface area contributed by atoms with Crippen molar-refractivity contribution in [3.63, 3.8) is 0 Å². The number of benzene rings is 2. The Balaban J connectivity index is 1.37. The Morgan fingerprint density at radius 2 is 1.93 bits per heavy atom. The lowest BCUT2D eigenvalue weighted by Gasteiger charge is -2.23. The number of nitrogens with zero attached hydrogens (tertiary/aromatic N) is 1. The van der Waals surface area contributed by atoms with Gasteiger partial charge >= 0.3 is 0 Å². The van der Waals surface area contributed by atoms with Crippen LogP contribution >= 0.6 is 23.5 Å². The van der Waals surface area contributed by atoms with Crippen molar-refractivity contribution in [2.75, 3.05) is 32.8 Å². The average Bonchev–Trinajstić information content (AvgIpc) is 2.90. The van der Waals surface area contributed by atoms with E-state index < -0.39 is 0 Å². The van der Waals surface area contributed by atoms with Gasteiger partial charge in [0.2, 0.25) is 0 Å². The van der Waals surface area contributed by atoms with Gasteiger partial charge in [-0.1, -0.05) is 23.7 Å². The largest absolute Gasteiger partial charge is 0.376 e. The first-order valence-electron chi connectivity index (χ1n) is 9.43. The van der Waals surface area contributed by atoms with Gasteiger partial charge in [-0.05, 0) is 79.7 Å². The van der Waals surface area contributed by atoms with Crippen LogP contribution in [0.15, 0.2) is 53.4 Å². The van der Waals surface area contributed by atoms with Gasteiger partial charge in [-0.3, -0.25) is 4.72 Å². The van der Waals surface area contributed by atoms with E-state index in [-0.39, 0.29) is 11.9 Å². The van der Waals surface area contributed by atoms with Crippen LogP contribution in [0, 0.1) is 5.82 Å². The summed E-state index contributed by atoms with van der Waals surface area (Å²) in [5.41, 5.74) is 1.13. The fourth-order valence-electron chi connectivity index (χ4n) is 3.19. The van der Waals surface area contributed by atoms with Crippen molar-refractivity contribution < 1.29 is 9.13 Å². The van der Waals surface area contributed by atoms with Crippen LogP contribution in [-0.2, 0) is 11.2 Å². The molecule has 1 N–H and O–H groups in total. The van der Waals surface area contributed by atoms with Gasteiger partial charge in [0.05, 0.1) is 6.10 Å². The van der Waals surface area contributed by atoms with E-state index >= 15 is 0 Å². The highest BCUT2D eigenvalue weighted by Crippen LogP contribution is 2.18. The van der Waals surface area contributed by atoms with E-state index in [1.807, 2.05) is 36.4 Å². The first-order valence-corrected chi connectivity index (χ1v) is 10.6. The highest BCUT2D eigenvalue weighted by molar-refractivity contribution is 7.97. The molecule has 1 heterocycles. The molecule has 1 unspecified atom stereocenters. The van der Waals surface area contributed by atoms with E-state index in [0.717, 1.165) is 62.6 Å². The molecule has 1 fully saturated rings. The molecule has 0 aromatic heterocycles. The Bertz CT molecular complexity index is 684. The van der Waals surface area contributed by atoms with Gasteiger partial charge in [-0.25, -0.2) is 4.39 Å². The van der Waals surface area contributed by atoms with Gasteiger partial charge in [0.15, 0.2) is 0 Å². The number of halogens is 2. The molecule has 0 radical (unpaired) electrons. The Labute approximate surface area is 170 Å². The molecule has 1 aliphatic rings. The molecule has 0 bridgehead atoms. The normalized spacial score (nSPS) is 18.4. The maximum absolute atomic E-state index is 13.1. The number of nitrogens with one attached hydrogen (secondary N) is 1. The summed E-state index contributed by atoms with van der Waals surface area (Å²) in [6.45, 7) is 4.81. The second-order valence-corrected chi connectivity index (χ2v) is 8.18. The fraction of sp³-hybridized carbons (Fsp3) is 0.429. The topological polar surface area (TPSA) is 24.5 Å². The lowest BCUT2D eigenvalue weighted by atomic mass is 10.1. The molecule has 1 saturated heterocycles. The standard InChI is InChI=1S/C21H26ClFN2OS/c22-18-5-9-21(10-6-18)27-24-11-1-12-25-13-2-14-26-20(16-25)15-17-3-7-19(23)8-4-17/h3-10,20,24H,1-2,11-16H2. The Kier molecular flexibility index (Phi) is 8.42. The quantitative estimate of drug-likeness (QED) is 0.501. The smallest absolute Gasteiger partial charge is 0.123 e. The van der Waals surface area contributed by atoms with Gasteiger partial charge in [0.25, 0.3) is 0 Å². The molecule has 0 spiro atoms. The van der Waals surface area contributed by atoms with E-state index in [1.165, 1.54) is 17.0 Å². The van der Waals surface area contributed by atoms with E-state index in [1.54, 1.807) is 11.9 Å². The molecule has 0 amide bonds. The predicted molar refractivity (Wildman–Crippen MR) is 111 cm³/mol. The van der Waals surface area contributed by atoms with E-state index in [0.29, 0.717) is 0 Å². The van der Waals surface area contributed by atoms with Crippen molar-refractivity contribution in [1.29, 1.82) is 0 Å². The van der Waals surface area contributed by atoms with Crippen molar-refractivity contribution >= 4 is 23.5 Å². The van der Waals surface area contributed by atoms with E-state index in [2.05, 4.69) is 9.62 Å². The predicted octanol–water partition coefficient (Wildman–Crippen LogP) is 4.80.